The second-order valence-electron chi connectivity index (χ2n) is 10.8. The first-order valence-electron chi connectivity index (χ1n) is 14.1. The summed E-state index contributed by atoms with van der Waals surface area (Å²) in [6, 6.07) is 16.7. The lowest BCUT2D eigenvalue weighted by Gasteiger charge is -2.25. The molecular weight excluding hydrogens is 580 g/mol. The van der Waals surface area contributed by atoms with Crippen molar-refractivity contribution in [2.45, 2.75) is 39.3 Å². The van der Waals surface area contributed by atoms with Gasteiger partial charge in [-0.2, -0.15) is 9.42 Å². The average molecular weight is 611 g/mol. The van der Waals surface area contributed by atoms with E-state index in [-0.39, 0.29) is 28.9 Å². The fourth-order valence-corrected chi connectivity index (χ4v) is 5.77. The van der Waals surface area contributed by atoms with Crippen molar-refractivity contribution < 1.29 is 29.4 Å². The molecule has 230 valence electrons. The predicted molar refractivity (Wildman–Crippen MR) is 163 cm³/mol. The highest BCUT2D eigenvalue weighted by Crippen LogP contribution is 2.44. The first-order valence-corrected chi connectivity index (χ1v) is 14.1. The molecule has 2 aromatic carbocycles. The van der Waals surface area contributed by atoms with Crippen LogP contribution in [0.1, 0.15) is 57.1 Å². The quantitative estimate of drug-likeness (QED) is 0.201. The van der Waals surface area contributed by atoms with Crippen LogP contribution >= 0.6 is 0 Å². The van der Waals surface area contributed by atoms with Gasteiger partial charge in [-0.3, -0.25) is 19.4 Å². The largest absolute Gasteiger partial charge is 0.389 e. The third-order valence-corrected chi connectivity index (χ3v) is 7.76. The molecule has 5 aromatic rings. The van der Waals surface area contributed by atoms with Crippen molar-refractivity contribution in [1.29, 1.82) is 0 Å². The van der Waals surface area contributed by atoms with Crippen molar-refractivity contribution in [2.75, 3.05) is 10.2 Å². The number of rotatable bonds is 7. The van der Waals surface area contributed by atoms with E-state index in [1.165, 1.54) is 10.8 Å². The number of aliphatic hydroxyl groups is 3. The molecule has 0 radical (unpaired) electrons. The zero-order valence-corrected chi connectivity index (χ0v) is 24.8. The molecule has 1 aliphatic heterocycles. The van der Waals surface area contributed by atoms with E-state index in [1.807, 2.05) is 25.1 Å². The molecule has 1 unspecified atom stereocenters. The summed E-state index contributed by atoms with van der Waals surface area (Å²) in [6.07, 6.45) is -1.53. The molecular formula is C32H30N6O7. The number of benzene rings is 2. The molecule has 13 heteroatoms. The minimum atomic E-state index is -3.21. The number of carbonyl (C=O) groups excluding carboxylic acids is 2. The molecule has 6 rings (SSSR count). The van der Waals surface area contributed by atoms with E-state index >= 15 is 0 Å². The molecule has 0 aliphatic carbocycles. The van der Waals surface area contributed by atoms with Crippen molar-refractivity contribution >= 4 is 23.3 Å². The molecule has 3 aromatic heterocycles. The third kappa shape index (κ3) is 5.22. The molecule has 0 fully saturated rings. The van der Waals surface area contributed by atoms with Crippen LogP contribution in [0, 0.1) is 13.8 Å². The van der Waals surface area contributed by atoms with Crippen molar-refractivity contribution in [1.82, 2.24) is 19.5 Å². The van der Waals surface area contributed by atoms with Gasteiger partial charge in [0.1, 0.15) is 5.76 Å². The van der Waals surface area contributed by atoms with Crippen LogP contribution in [-0.4, -0.2) is 46.6 Å². The SMILES string of the molecule is CCC1c2c(cc(C)nc2-c2cccc(C(=O)Nc3ccn(C(O)(O)O)n3)c2)C(=O)N1c1ccc(-c2c(C)on(C)c2=O)cc1. The number of aryl methyl sites for hydroxylation is 3. The van der Waals surface area contributed by atoms with Gasteiger partial charge in [-0.1, -0.05) is 31.2 Å². The maximum atomic E-state index is 13.9. The molecule has 4 N–H and O–H groups in total. The first kappa shape index (κ1) is 29.7. The number of hydrogen-bond donors (Lipinski definition) is 4. The van der Waals surface area contributed by atoms with Gasteiger partial charge < -0.3 is 30.1 Å². The zero-order chi connectivity index (χ0) is 32.2. The summed E-state index contributed by atoms with van der Waals surface area (Å²) in [5.41, 5.74) is 4.96. The van der Waals surface area contributed by atoms with Gasteiger partial charge in [0, 0.05) is 52.9 Å². The summed E-state index contributed by atoms with van der Waals surface area (Å²) in [6.45, 7) is 5.52. The van der Waals surface area contributed by atoms with Crippen LogP contribution in [0.4, 0.5) is 11.5 Å². The number of anilines is 2. The van der Waals surface area contributed by atoms with Gasteiger partial charge in [0.15, 0.2) is 5.82 Å². The number of carbonyl (C=O) groups is 2. The maximum absolute atomic E-state index is 13.9. The molecule has 0 saturated heterocycles. The summed E-state index contributed by atoms with van der Waals surface area (Å²) in [5.74, 6) is -0.212. The number of nitrogens with zero attached hydrogens (tertiary/aromatic N) is 5. The van der Waals surface area contributed by atoms with Gasteiger partial charge in [0.25, 0.3) is 17.4 Å². The highest BCUT2D eigenvalue weighted by Gasteiger charge is 2.39. The Morgan fingerprint density at radius 2 is 1.76 bits per heavy atom. The zero-order valence-electron chi connectivity index (χ0n) is 24.8. The summed E-state index contributed by atoms with van der Waals surface area (Å²) in [7, 11) is 1.56. The van der Waals surface area contributed by atoms with E-state index in [4.69, 9.17) is 9.51 Å². The second kappa shape index (κ2) is 11.0. The number of amides is 2. The molecule has 1 aliphatic rings. The van der Waals surface area contributed by atoms with Crippen LogP contribution in [0.15, 0.2) is 76.2 Å². The van der Waals surface area contributed by atoms with Crippen molar-refractivity contribution in [3.8, 4) is 22.4 Å². The summed E-state index contributed by atoms with van der Waals surface area (Å²) in [5, 5.41) is 34.2. The summed E-state index contributed by atoms with van der Waals surface area (Å²) >= 11 is 0. The van der Waals surface area contributed by atoms with E-state index in [2.05, 4.69) is 10.4 Å². The van der Waals surface area contributed by atoms with E-state index in [0.29, 0.717) is 56.2 Å². The Bertz CT molecular complexity index is 2020. The highest BCUT2D eigenvalue weighted by molar-refractivity contribution is 6.12. The number of pyridine rings is 1. The molecule has 13 nitrogen and oxygen atoms in total. The van der Waals surface area contributed by atoms with E-state index in [1.54, 1.807) is 62.2 Å². The predicted octanol–water partition coefficient (Wildman–Crippen LogP) is 3.43. The number of hydrogen-bond acceptors (Lipinski definition) is 9. The fraction of sp³-hybridized carbons (Fsp3) is 0.219. The summed E-state index contributed by atoms with van der Waals surface area (Å²) < 4.78 is 7.09. The van der Waals surface area contributed by atoms with Gasteiger partial charge in [-0.05, 0) is 56.2 Å². The lowest BCUT2D eigenvalue weighted by atomic mass is 9.95. The van der Waals surface area contributed by atoms with Gasteiger partial charge >= 0.3 is 6.10 Å². The molecule has 1 atom stereocenters. The van der Waals surface area contributed by atoms with Crippen molar-refractivity contribution in [3.05, 3.63) is 105 Å². The molecule has 0 bridgehead atoms. The Kier molecular flexibility index (Phi) is 7.23. The maximum Gasteiger partial charge on any atom is 0.389 e. The van der Waals surface area contributed by atoms with Crippen molar-refractivity contribution in [3.63, 3.8) is 0 Å². The van der Waals surface area contributed by atoms with Crippen LogP contribution in [0.2, 0.25) is 0 Å². The third-order valence-electron chi connectivity index (χ3n) is 7.76. The average Bonchev–Trinajstić information content (AvgIpc) is 3.66. The lowest BCUT2D eigenvalue weighted by Crippen LogP contribution is -2.32. The second-order valence-corrected chi connectivity index (χ2v) is 10.8. The van der Waals surface area contributed by atoms with Crippen LogP contribution in [-0.2, 0) is 13.1 Å². The Morgan fingerprint density at radius 1 is 1.02 bits per heavy atom. The molecule has 45 heavy (non-hydrogen) atoms. The Balaban J connectivity index is 1.34. The highest BCUT2D eigenvalue weighted by atomic mass is 16.7. The number of nitrogens with one attached hydrogen (secondary N) is 1. The minimum Gasteiger partial charge on any atom is -0.381 e. The van der Waals surface area contributed by atoms with Gasteiger partial charge in [0.05, 0.1) is 17.3 Å². The monoisotopic (exact) mass is 610 g/mol. The number of aromatic nitrogens is 4. The van der Waals surface area contributed by atoms with Gasteiger partial charge in [-0.15, -0.1) is 5.10 Å². The number of fused-ring (bicyclic) bond motifs is 1. The van der Waals surface area contributed by atoms with Crippen LogP contribution < -0.4 is 15.8 Å². The first-order chi connectivity index (χ1) is 21.4. The van der Waals surface area contributed by atoms with E-state index in [0.717, 1.165) is 11.8 Å². The van der Waals surface area contributed by atoms with Gasteiger partial charge in [0.2, 0.25) is 0 Å². The van der Waals surface area contributed by atoms with Crippen LogP contribution in [0.25, 0.3) is 22.4 Å². The fourth-order valence-electron chi connectivity index (χ4n) is 5.77. The Hall–Kier alpha value is -5.37. The van der Waals surface area contributed by atoms with E-state index < -0.39 is 12.0 Å². The van der Waals surface area contributed by atoms with Gasteiger partial charge in [-0.25, -0.2) is 0 Å². The topological polar surface area (TPSA) is 176 Å². The molecule has 4 heterocycles. The van der Waals surface area contributed by atoms with Crippen molar-refractivity contribution in [2.24, 2.45) is 7.05 Å². The normalized spacial score (nSPS) is 14.6. The minimum absolute atomic E-state index is 0.0110. The van der Waals surface area contributed by atoms with E-state index in [9.17, 15) is 29.7 Å². The lowest BCUT2D eigenvalue weighted by molar-refractivity contribution is -0.380. The van der Waals surface area contributed by atoms with Crippen LogP contribution in [0.5, 0.6) is 0 Å². The molecule has 0 saturated carbocycles. The Morgan fingerprint density at radius 3 is 2.38 bits per heavy atom. The Labute approximate surface area is 256 Å². The molecule has 0 spiro atoms. The molecule has 2 amide bonds. The van der Waals surface area contributed by atoms with Crippen LogP contribution in [0.3, 0.4) is 0 Å². The smallest absolute Gasteiger partial charge is 0.381 e. The standard InChI is InChI=1S/C32H30N6O7/c1-5-24-27-23(30(40)38(24)22-11-9-19(10-12-22)26-18(3)45-36(4)31(26)41)15-17(2)33-28(27)20-7-6-8-21(16-20)29(39)34-25-13-14-37(35-25)32(42,43)44/h6-16,24,42-44H,5H2,1-4H3,(H,34,35,39). The summed E-state index contributed by atoms with van der Waals surface area (Å²) in [4.78, 5) is 46.1.